The Kier molecular flexibility index (Phi) is 5.18. The summed E-state index contributed by atoms with van der Waals surface area (Å²) in [5.41, 5.74) is -1.25. The van der Waals surface area contributed by atoms with Gasteiger partial charge in [-0.1, -0.05) is 0 Å². The van der Waals surface area contributed by atoms with Crippen molar-refractivity contribution < 1.29 is 31.1 Å². The molecule has 1 fully saturated rings. The second kappa shape index (κ2) is 7.28. The van der Waals surface area contributed by atoms with E-state index < -0.39 is 43.2 Å². The smallest absolute Gasteiger partial charge is 0.333 e. The van der Waals surface area contributed by atoms with Crippen molar-refractivity contribution in [1.29, 1.82) is 0 Å². The minimum Gasteiger partial charge on any atom is -0.333 e. The van der Waals surface area contributed by atoms with E-state index in [1.807, 2.05) is 0 Å². The van der Waals surface area contributed by atoms with Gasteiger partial charge in [0.15, 0.2) is 5.82 Å². The summed E-state index contributed by atoms with van der Waals surface area (Å²) in [6.45, 7) is -1.84. The average molecular weight is 404 g/mol. The van der Waals surface area contributed by atoms with Crippen LogP contribution in [0.5, 0.6) is 0 Å². The van der Waals surface area contributed by atoms with Gasteiger partial charge in [0.1, 0.15) is 13.0 Å². The monoisotopic (exact) mass is 404 g/mol. The highest BCUT2D eigenvalue weighted by Crippen LogP contribution is 2.33. The Labute approximate surface area is 155 Å². The number of carbonyl (C=O) groups is 1. The maximum atomic E-state index is 13.1. The van der Waals surface area contributed by atoms with Gasteiger partial charge in [0.25, 0.3) is 5.92 Å². The van der Waals surface area contributed by atoms with Crippen LogP contribution in [0.25, 0.3) is 17.6 Å². The second-order valence-corrected chi connectivity index (χ2v) is 6.28. The molecule has 0 spiro atoms. The van der Waals surface area contributed by atoms with E-state index in [0.717, 1.165) is 34.3 Å². The van der Waals surface area contributed by atoms with Crippen LogP contribution in [-0.4, -0.2) is 44.6 Å². The molecule has 1 aromatic heterocycles. The fourth-order valence-electron chi connectivity index (χ4n) is 2.71. The molecule has 0 atom stereocenters. The normalized spacial score (nSPS) is 16.9. The minimum atomic E-state index is -4.66. The highest BCUT2D eigenvalue weighted by Gasteiger charge is 2.39. The van der Waals surface area contributed by atoms with E-state index >= 15 is 0 Å². The largest absolute Gasteiger partial charge is 0.416 e. The van der Waals surface area contributed by atoms with Crippen molar-refractivity contribution in [3.05, 3.63) is 41.7 Å². The van der Waals surface area contributed by atoms with Crippen molar-refractivity contribution in [3.63, 3.8) is 0 Å². The number of aromatic nitrogens is 3. The fourth-order valence-corrected chi connectivity index (χ4v) is 2.71. The molecular formula is C17H14F6N4O. The number of hydrogen-bond donors (Lipinski definition) is 0. The van der Waals surface area contributed by atoms with E-state index in [0.29, 0.717) is 6.07 Å². The van der Waals surface area contributed by atoms with Gasteiger partial charge in [0.05, 0.1) is 12.1 Å². The van der Waals surface area contributed by atoms with Gasteiger partial charge in [-0.3, -0.25) is 4.79 Å². The lowest BCUT2D eigenvalue weighted by molar-refractivity contribution is -0.137. The van der Waals surface area contributed by atoms with Crippen LogP contribution in [0, 0.1) is 0 Å². The first-order valence-corrected chi connectivity index (χ1v) is 8.11. The zero-order chi connectivity index (χ0) is 20.5. The quantitative estimate of drug-likeness (QED) is 0.576. The van der Waals surface area contributed by atoms with Gasteiger partial charge in [-0.05, 0) is 23.8 Å². The van der Waals surface area contributed by atoms with Crippen LogP contribution in [0.2, 0.25) is 0 Å². The van der Waals surface area contributed by atoms with Crippen LogP contribution in [0.1, 0.15) is 17.5 Å². The zero-order valence-corrected chi connectivity index (χ0v) is 14.3. The molecule has 1 saturated heterocycles. The van der Waals surface area contributed by atoms with Gasteiger partial charge in [0, 0.05) is 30.8 Å². The molecule has 1 aliphatic heterocycles. The lowest BCUT2D eigenvalue weighted by Crippen LogP contribution is -2.29. The molecule has 11 heteroatoms. The molecule has 0 bridgehead atoms. The lowest BCUT2D eigenvalue weighted by Gasteiger charge is -2.13. The predicted octanol–water partition coefficient (Wildman–Crippen LogP) is 3.77. The SMILES string of the molecule is O=C(/C=C\n1cnc(-c2cc(CF)cc(C(F)(F)F)c2)n1)N1CCC(F)(F)C1. The molecule has 150 valence electrons. The maximum Gasteiger partial charge on any atom is 0.416 e. The van der Waals surface area contributed by atoms with E-state index in [1.165, 1.54) is 6.07 Å². The number of alkyl halides is 6. The minimum absolute atomic E-state index is 0.0415. The number of likely N-dealkylation sites (tertiary alicyclic amines) is 1. The van der Waals surface area contributed by atoms with Crippen LogP contribution in [-0.2, 0) is 17.6 Å². The Morgan fingerprint density at radius 3 is 2.61 bits per heavy atom. The molecular weight excluding hydrogens is 390 g/mol. The van der Waals surface area contributed by atoms with E-state index in [1.54, 1.807) is 0 Å². The summed E-state index contributed by atoms with van der Waals surface area (Å²) in [6.07, 6.45) is -1.77. The van der Waals surface area contributed by atoms with Gasteiger partial charge in [-0.25, -0.2) is 22.8 Å². The highest BCUT2D eigenvalue weighted by atomic mass is 19.4. The molecule has 0 N–H and O–H groups in total. The molecule has 2 heterocycles. The molecule has 1 aliphatic rings. The third kappa shape index (κ3) is 4.52. The van der Waals surface area contributed by atoms with Gasteiger partial charge in [0.2, 0.25) is 5.91 Å². The topological polar surface area (TPSA) is 51.0 Å². The predicted molar refractivity (Wildman–Crippen MR) is 86.7 cm³/mol. The molecule has 1 aromatic carbocycles. The van der Waals surface area contributed by atoms with Crippen LogP contribution >= 0.6 is 0 Å². The summed E-state index contributed by atoms with van der Waals surface area (Å²) in [6, 6.07) is 2.68. The zero-order valence-electron chi connectivity index (χ0n) is 14.3. The van der Waals surface area contributed by atoms with Crippen LogP contribution < -0.4 is 0 Å². The first kappa shape index (κ1) is 19.9. The molecule has 5 nitrogen and oxygen atoms in total. The number of benzene rings is 1. The summed E-state index contributed by atoms with van der Waals surface area (Å²) >= 11 is 0. The summed E-state index contributed by atoms with van der Waals surface area (Å²) in [4.78, 5) is 16.7. The second-order valence-electron chi connectivity index (χ2n) is 6.28. The van der Waals surface area contributed by atoms with Crippen molar-refractivity contribution in [2.24, 2.45) is 0 Å². The van der Waals surface area contributed by atoms with Crippen molar-refractivity contribution >= 4 is 12.1 Å². The number of halogens is 6. The Balaban J connectivity index is 1.78. The van der Waals surface area contributed by atoms with Crippen LogP contribution in [0.3, 0.4) is 0 Å². The standard InChI is InChI=1S/C17H14F6N4O/c18-8-11-5-12(7-13(6-11)17(21,22)23)15-24-10-27(25-15)3-1-14(28)26-4-2-16(19,20)9-26/h1,3,5-7,10H,2,4,8-9H2/b3-1-. The van der Waals surface area contributed by atoms with E-state index in [4.69, 9.17) is 0 Å². The van der Waals surface area contributed by atoms with Gasteiger partial charge in [-0.15, -0.1) is 5.10 Å². The Hall–Kier alpha value is -2.85. The van der Waals surface area contributed by atoms with Crippen molar-refractivity contribution in [3.8, 4) is 11.4 Å². The Morgan fingerprint density at radius 1 is 1.25 bits per heavy atom. The van der Waals surface area contributed by atoms with E-state index in [9.17, 15) is 31.1 Å². The first-order valence-electron chi connectivity index (χ1n) is 8.11. The van der Waals surface area contributed by atoms with Crippen molar-refractivity contribution in [2.45, 2.75) is 25.2 Å². The van der Waals surface area contributed by atoms with Gasteiger partial charge >= 0.3 is 6.18 Å². The average Bonchev–Trinajstić information content (AvgIpc) is 3.25. The molecule has 2 aromatic rings. The molecule has 28 heavy (non-hydrogen) atoms. The molecule has 3 rings (SSSR count). The summed E-state index contributed by atoms with van der Waals surface area (Å²) < 4.78 is 79.0. The maximum absolute atomic E-state index is 13.1. The summed E-state index contributed by atoms with van der Waals surface area (Å²) in [5, 5.41) is 3.92. The van der Waals surface area contributed by atoms with Crippen LogP contribution in [0.15, 0.2) is 30.6 Å². The van der Waals surface area contributed by atoms with Crippen molar-refractivity contribution in [1.82, 2.24) is 19.7 Å². The summed E-state index contributed by atoms with van der Waals surface area (Å²) in [5.74, 6) is -3.67. The van der Waals surface area contributed by atoms with Crippen molar-refractivity contribution in [2.75, 3.05) is 13.1 Å². The fraction of sp³-hybridized carbons (Fsp3) is 0.353. The first-order chi connectivity index (χ1) is 13.1. The third-order valence-corrected chi connectivity index (χ3v) is 4.09. The number of hydrogen-bond acceptors (Lipinski definition) is 3. The lowest BCUT2D eigenvalue weighted by atomic mass is 10.1. The number of amides is 1. The number of rotatable bonds is 4. The molecule has 0 radical (unpaired) electrons. The number of carbonyl (C=O) groups excluding carboxylic acids is 1. The molecule has 0 aliphatic carbocycles. The highest BCUT2D eigenvalue weighted by molar-refractivity contribution is 5.90. The van der Waals surface area contributed by atoms with E-state index in [2.05, 4.69) is 10.1 Å². The third-order valence-electron chi connectivity index (χ3n) is 4.09. The number of nitrogens with zero attached hydrogens (tertiary/aromatic N) is 4. The Morgan fingerprint density at radius 2 is 2.00 bits per heavy atom. The van der Waals surface area contributed by atoms with E-state index in [-0.39, 0.29) is 23.5 Å². The molecule has 0 unspecified atom stereocenters. The molecule has 0 saturated carbocycles. The molecule has 1 amide bonds. The van der Waals surface area contributed by atoms with Crippen LogP contribution in [0.4, 0.5) is 26.3 Å². The van der Waals surface area contributed by atoms with Gasteiger partial charge < -0.3 is 4.90 Å². The Bertz CT molecular complexity index is 905. The summed E-state index contributed by atoms with van der Waals surface area (Å²) in [7, 11) is 0. The van der Waals surface area contributed by atoms with Gasteiger partial charge in [-0.2, -0.15) is 13.2 Å².